The molecule has 0 rings (SSSR count). The van der Waals surface area contributed by atoms with Crippen LogP contribution < -0.4 is 6.15 Å². The predicted molar refractivity (Wildman–Crippen MR) is 122 cm³/mol. The van der Waals surface area contributed by atoms with Gasteiger partial charge in [0.25, 0.3) is 0 Å². The minimum atomic E-state index is -0.312. The van der Waals surface area contributed by atoms with Gasteiger partial charge in [-0.1, -0.05) is 117 Å². The van der Waals surface area contributed by atoms with E-state index in [1.54, 1.807) is 13.8 Å². The van der Waals surface area contributed by atoms with Gasteiger partial charge in [-0.15, -0.1) is 0 Å². The van der Waals surface area contributed by atoms with Crippen LogP contribution in [0.5, 0.6) is 0 Å². The maximum atomic E-state index is 10.4. The zero-order valence-electron chi connectivity index (χ0n) is 19.4. The SMILES string of the molecule is C=C(C)C(=O)OCC.CCCCCCCCCCCCCC(CC)CC.N. The van der Waals surface area contributed by atoms with Gasteiger partial charge in [0.15, 0.2) is 0 Å². The van der Waals surface area contributed by atoms with Crippen molar-refractivity contribution >= 4 is 5.97 Å². The van der Waals surface area contributed by atoms with Crippen molar-refractivity contribution in [1.29, 1.82) is 0 Å². The van der Waals surface area contributed by atoms with Crippen LogP contribution in [-0.2, 0) is 9.53 Å². The molecule has 3 N–H and O–H groups in total. The van der Waals surface area contributed by atoms with E-state index in [4.69, 9.17) is 0 Å². The molecule has 0 saturated heterocycles. The van der Waals surface area contributed by atoms with Gasteiger partial charge in [-0.25, -0.2) is 4.79 Å². The van der Waals surface area contributed by atoms with E-state index < -0.39 is 0 Å². The first-order valence-corrected chi connectivity index (χ1v) is 11.4. The summed E-state index contributed by atoms with van der Waals surface area (Å²) in [7, 11) is 0. The smallest absolute Gasteiger partial charge is 0.333 e. The van der Waals surface area contributed by atoms with Crippen molar-refractivity contribution in [2.75, 3.05) is 6.61 Å². The fourth-order valence-corrected chi connectivity index (χ4v) is 3.05. The lowest BCUT2D eigenvalue weighted by Crippen LogP contribution is -2.03. The Balaban J connectivity index is -0.000000542. The summed E-state index contributed by atoms with van der Waals surface area (Å²) in [6.07, 6.45) is 20.4. The lowest BCUT2D eigenvalue weighted by Gasteiger charge is -2.11. The summed E-state index contributed by atoms with van der Waals surface area (Å²) in [6, 6.07) is 0. The monoisotopic (exact) mass is 385 g/mol. The molecule has 3 heteroatoms. The standard InChI is InChI=1S/C18H38.C6H10O2.H3N/c1-4-7-8-9-10-11-12-13-14-15-16-17-18(5-2)6-3;1-4-8-6(7)5(2)3;/h18H,4-17H2,1-3H3;2,4H2,1,3H3;1H3. The Morgan fingerprint density at radius 2 is 1.19 bits per heavy atom. The molecule has 0 aromatic rings. The normalized spacial score (nSPS) is 10.0. The molecule has 0 spiro atoms. The van der Waals surface area contributed by atoms with E-state index >= 15 is 0 Å². The second-order valence-corrected chi connectivity index (χ2v) is 7.51. The summed E-state index contributed by atoms with van der Waals surface area (Å²) in [5, 5.41) is 0. The molecule has 0 radical (unpaired) electrons. The summed E-state index contributed by atoms with van der Waals surface area (Å²) in [5.41, 5.74) is 0.451. The van der Waals surface area contributed by atoms with Crippen LogP contribution in [0, 0.1) is 5.92 Å². The van der Waals surface area contributed by atoms with E-state index in [1.807, 2.05) is 0 Å². The third-order valence-electron chi connectivity index (χ3n) is 4.99. The summed E-state index contributed by atoms with van der Waals surface area (Å²) in [4.78, 5) is 10.4. The zero-order valence-corrected chi connectivity index (χ0v) is 19.4. The molecule has 0 amide bonds. The molecule has 0 aliphatic rings. The number of hydrogen-bond acceptors (Lipinski definition) is 3. The molecule has 0 aliphatic heterocycles. The van der Waals surface area contributed by atoms with Gasteiger partial charge in [0.05, 0.1) is 6.61 Å². The van der Waals surface area contributed by atoms with Crippen LogP contribution >= 0.6 is 0 Å². The highest BCUT2D eigenvalue weighted by atomic mass is 16.5. The van der Waals surface area contributed by atoms with E-state index in [0.717, 1.165) is 5.92 Å². The van der Waals surface area contributed by atoms with E-state index in [2.05, 4.69) is 32.1 Å². The molecule has 27 heavy (non-hydrogen) atoms. The number of hydrogen-bond donors (Lipinski definition) is 1. The second kappa shape index (κ2) is 25.2. The molecule has 0 bridgehead atoms. The first kappa shape index (κ1) is 30.9. The van der Waals surface area contributed by atoms with Gasteiger partial charge in [-0.2, -0.15) is 0 Å². The highest BCUT2D eigenvalue weighted by molar-refractivity contribution is 5.86. The van der Waals surface area contributed by atoms with Gasteiger partial charge >= 0.3 is 5.97 Å². The molecular weight excluding hydrogens is 334 g/mol. The van der Waals surface area contributed by atoms with Gasteiger partial charge in [-0.05, 0) is 19.8 Å². The molecule has 3 nitrogen and oxygen atoms in total. The second-order valence-electron chi connectivity index (χ2n) is 7.51. The molecule has 0 saturated carbocycles. The van der Waals surface area contributed by atoms with Crippen molar-refractivity contribution in [3.63, 3.8) is 0 Å². The fourth-order valence-electron chi connectivity index (χ4n) is 3.05. The molecule has 0 aromatic carbocycles. The van der Waals surface area contributed by atoms with E-state index in [0.29, 0.717) is 12.2 Å². The van der Waals surface area contributed by atoms with Gasteiger partial charge in [0.1, 0.15) is 0 Å². The Kier molecular flexibility index (Phi) is 28.8. The first-order chi connectivity index (χ1) is 12.5. The Labute approximate surface area is 171 Å². The Morgan fingerprint density at radius 1 is 0.778 bits per heavy atom. The third kappa shape index (κ3) is 25.2. The minimum Gasteiger partial charge on any atom is -0.463 e. The maximum absolute atomic E-state index is 10.4. The average Bonchev–Trinajstić information content (AvgIpc) is 2.63. The quantitative estimate of drug-likeness (QED) is 0.165. The molecule has 0 unspecified atom stereocenters. The van der Waals surface area contributed by atoms with E-state index in [1.165, 1.54) is 89.9 Å². The molecule has 0 aliphatic carbocycles. The number of ether oxygens (including phenoxy) is 1. The average molecular weight is 386 g/mol. The lowest BCUT2D eigenvalue weighted by molar-refractivity contribution is -0.138. The summed E-state index contributed by atoms with van der Waals surface area (Å²) in [5.74, 6) is 0.691. The number of carbonyl (C=O) groups is 1. The van der Waals surface area contributed by atoms with E-state index in [-0.39, 0.29) is 12.1 Å². The first-order valence-electron chi connectivity index (χ1n) is 11.4. The predicted octanol–water partition coefficient (Wildman–Crippen LogP) is 8.41. The van der Waals surface area contributed by atoms with Crippen molar-refractivity contribution in [1.82, 2.24) is 6.15 Å². The van der Waals surface area contributed by atoms with Crippen molar-refractivity contribution in [3.8, 4) is 0 Å². The topological polar surface area (TPSA) is 61.3 Å². The van der Waals surface area contributed by atoms with Crippen molar-refractivity contribution in [3.05, 3.63) is 12.2 Å². The number of esters is 1. The summed E-state index contributed by atoms with van der Waals surface area (Å²) in [6.45, 7) is 14.2. The van der Waals surface area contributed by atoms with Crippen LogP contribution in [0.25, 0.3) is 0 Å². The lowest BCUT2D eigenvalue weighted by atomic mass is 9.95. The highest BCUT2D eigenvalue weighted by Gasteiger charge is 2.02. The van der Waals surface area contributed by atoms with Crippen molar-refractivity contribution < 1.29 is 9.53 Å². The number of carbonyl (C=O) groups excluding carboxylic acids is 1. The Morgan fingerprint density at radius 3 is 1.48 bits per heavy atom. The largest absolute Gasteiger partial charge is 0.463 e. The van der Waals surface area contributed by atoms with Gasteiger partial charge < -0.3 is 10.9 Å². The van der Waals surface area contributed by atoms with Gasteiger partial charge in [0.2, 0.25) is 0 Å². The molecular formula is C24H51NO2. The molecule has 0 atom stereocenters. The number of rotatable bonds is 16. The Bertz CT molecular complexity index is 312. The van der Waals surface area contributed by atoms with Crippen LogP contribution in [0.4, 0.5) is 0 Å². The van der Waals surface area contributed by atoms with Crippen molar-refractivity contribution in [2.24, 2.45) is 5.92 Å². The molecule has 0 heterocycles. The van der Waals surface area contributed by atoms with E-state index in [9.17, 15) is 4.79 Å². The van der Waals surface area contributed by atoms with Crippen LogP contribution in [0.15, 0.2) is 12.2 Å². The van der Waals surface area contributed by atoms with Gasteiger partial charge in [0, 0.05) is 5.57 Å². The summed E-state index contributed by atoms with van der Waals surface area (Å²) < 4.78 is 4.56. The molecule has 164 valence electrons. The number of unbranched alkanes of at least 4 members (excludes halogenated alkanes) is 10. The van der Waals surface area contributed by atoms with Crippen LogP contribution in [0.1, 0.15) is 125 Å². The van der Waals surface area contributed by atoms with Crippen LogP contribution in [0.3, 0.4) is 0 Å². The Hall–Kier alpha value is -0.830. The maximum Gasteiger partial charge on any atom is 0.333 e. The highest BCUT2D eigenvalue weighted by Crippen LogP contribution is 2.18. The van der Waals surface area contributed by atoms with Crippen molar-refractivity contribution in [2.45, 2.75) is 125 Å². The molecule has 0 fully saturated rings. The third-order valence-corrected chi connectivity index (χ3v) is 4.99. The fraction of sp³-hybridized carbons (Fsp3) is 0.875. The summed E-state index contributed by atoms with van der Waals surface area (Å²) >= 11 is 0. The van der Waals surface area contributed by atoms with Gasteiger partial charge in [-0.3, -0.25) is 0 Å². The molecule has 0 aromatic heterocycles. The van der Waals surface area contributed by atoms with Crippen LogP contribution in [0.2, 0.25) is 0 Å². The zero-order chi connectivity index (χ0) is 20.0. The van der Waals surface area contributed by atoms with Crippen LogP contribution in [-0.4, -0.2) is 12.6 Å². The minimum absolute atomic E-state index is 0.